The molecule has 1 fully saturated rings. The molecular weight excluding hydrogens is 477 g/mol. The van der Waals surface area contributed by atoms with Crippen molar-refractivity contribution in [1.82, 2.24) is 10.4 Å². The highest BCUT2D eigenvalue weighted by atomic mass is 35.5. The molecular formula is C23H20Cl2F2N2O4. The molecule has 0 radical (unpaired) electrons. The first kappa shape index (κ1) is 24.8. The maximum Gasteiger partial charge on any atom is 0.271 e. The second-order valence-electron chi connectivity index (χ2n) is 7.31. The van der Waals surface area contributed by atoms with Crippen LogP contribution in [-0.2, 0) is 9.63 Å². The molecule has 10 heteroatoms. The predicted octanol–water partition coefficient (Wildman–Crippen LogP) is 4.73. The Kier molecular flexibility index (Phi) is 7.84. The molecule has 0 spiro atoms. The van der Waals surface area contributed by atoms with Crippen molar-refractivity contribution in [2.75, 3.05) is 13.2 Å². The fourth-order valence-corrected chi connectivity index (χ4v) is 3.87. The van der Waals surface area contributed by atoms with Crippen molar-refractivity contribution in [3.05, 3.63) is 74.8 Å². The molecule has 0 aromatic heterocycles. The third kappa shape index (κ3) is 5.76. The number of alkyl halides is 2. The first-order valence-electron chi connectivity index (χ1n) is 9.97. The molecule has 174 valence electrons. The van der Waals surface area contributed by atoms with Crippen molar-refractivity contribution in [3.63, 3.8) is 0 Å². The molecule has 0 bridgehead atoms. The Labute approximate surface area is 199 Å². The number of hydrogen-bond acceptors (Lipinski definition) is 4. The fourth-order valence-electron chi connectivity index (χ4n) is 3.35. The van der Waals surface area contributed by atoms with Gasteiger partial charge in [0, 0.05) is 33.3 Å². The number of hydrogen-bond donors (Lipinski definition) is 1. The Hall–Kier alpha value is -2.81. The highest BCUT2D eigenvalue weighted by Gasteiger charge is 2.33. The summed E-state index contributed by atoms with van der Waals surface area (Å²) in [5, 5.41) is 4.09. The summed E-state index contributed by atoms with van der Waals surface area (Å²) in [5.41, 5.74) is 0.314. The number of carbonyl (C=O) groups excluding carboxylic acids is 3. The summed E-state index contributed by atoms with van der Waals surface area (Å²) in [6.07, 6.45) is -2.11. The van der Waals surface area contributed by atoms with E-state index in [9.17, 15) is 23.2 Å². The summed E-state index contributed by atoms with van der Waals surface area (Å²) in [4.78, 5) is 42.6. The van der Waals surface area contributed by atoms with E-state index in [0.29, 0.717) is 12.1 Å². The molecule has 1 unspecified atom stereocenters. The Balaban J connectivity index is 1.81. The third-order valence-electron chi connectivity index (χ3n) is 5.01. The quantitative estimate of drug-likeness (QED) is 0.444. The van der Waals surface area contributed by atoms with Gasteiger partial charge in [-0.1, -0.05) is 29.3 Å². The number of carbonyl (C=O) groups is 3. The summed E-state index contributed by atoms with van der Waals surface area (Å²) in [6.45, 7) is 3.74. The zero-order valence-corrected chi connectivity index (χ0v) is 19.2. The van der Waals surface area contributed by atoms with Gasteiger partial charge in [-0.3, -0.25) is 19.2 Å². The molecule has 2 amide bonds. The number of rotatable bonds is 7. The molecule has 2 aromatic rings. The van der Waals surface area contributed by atoms with Crippen LogP contribution in [0.2, 0.25) is 10.0 Å². The molecule has 1 N–H and O–H groups in total. The van der Waals surface area contributed by atoms with Gasteiger partial charge in [0.25, 0.3) is 18.2 Å². The van der Waals surface area contributed by atoms with Crippen LogP contribution in [-0.4, -0.2) is 48.3 Å². The van der Waals surface area contributed by atoms with E-state index in [0.717, 1.165) is 6.08 Å². The number of nitrogens with zero attached hydrogens (tertiary/aromatic N) is 1. The molecule has 1 saturated heterocycles. The number of halogens is 4. The standard InChI is InChI=1S/C23H20Cl2F2N2O4/c1-3-29-23(32)19(11-33-29)28-22(31)17-5-4-13(6-12(17)2)20(30)10-18(21(26)27)14-7-15(24)9-16(25)8-14/h4-10,19,21H,3,11H2,1-2H3,(H,28,31). The Morgan fingerprint density at radius 3 is 2.39 bits per heavy atom. The van der Waals surface area contributed by atoms with Crippen LogP contribution in [0.1, 0.15) is 38.8 Å². The van der Waals surface area contributed by atoms with E-state index in [1.165, 1.54) is 41.5 Å². The van der Waals surface area contributed by atoms with Gasteiger partial charge in [0.1, 0.15) is 12.6 Å². The van der Waals surface area contributed by atoms with Gasteiger partial charge in [-0.05, 0) is 61.4 Å². The van der Waals surface area contributed by atoms with Crippen molar-refractivity contribution in [2.45, 2.75) is 26.3 Å². The third-order valence-corrected chi connectivity index (χ3v) is 5.44. The molecule has 6 nitrogen and oxygen atoms in total. The number of likely N-dealkylation sites (N-methyl/N-ethyl adjacent to an activating group) is 1. The van der Waals surface area contributed by atoms with E-state index in [-0.39, 0.29) is 39.2 Å². The van der Waals surface area contributed by atoms with Crippen molar-refractivity contribution in [2.24, 2.45) is 0 Å². The number of nitrogens with one attached hydrogen (secondary N) is 1. The molecule has 0 aliphatic carbocycles. The Bertz CT molecular complexity index is 1120. The van der Waals surface area contributed by atoms with Gasteiger partial charge in [-0.25, -0.2) is 13.8 Å². The zero-order chi connectivity index (χ0) is 24.3. The first-order valence-corrected chi connectivity index (χ1v) is 10.7. The maximum atomic E-state index is 13.7. The van der Waals surface area contributed by atoms with Crippen molar-refractivity contribution < 1.29 is 28.0 Å². The van der Waals surface area contributed by atoms with E-state index in [4.69, 9.17) is 28.0 Å². The lowest BCUT2D eigenvalue weighted by Crippen LogP contribution is -2.42. The van der Waals surface area contributed by atoms with Crippen LogP contribution in [0.4, 0.5) is 8.78 Å². The molecule has 0 saturated carbocycles. The van der Waals surface area contributed by atoms with Gasteiger partial charge >= 0.3 is 0 Å². The van der Waals surface area contributed by atoms with Crippen LogP contribution >= 0.6 is 23.2 Å². The summed E-state index contributed by atoms with van der Waals surface area (Å²) in [5.74, 6) is -1.53. The number of allylic oxidation sites excluding steroid dienone is 2. The highest BCUT2D eigenvalue weighted by Crippen LogP contribution is 2.29. The van der Waals surface area contributed by atoms with E-state index < -0.39 is 29.7 Å². The van der Waals surface area contributed by atoms with E-state index >= 15 is 0 Å². The molecule has 3 rings (SSSR count). The lowest BCUT2D eigenvalue weighted by Gasteiger charge is -2.13. The van der Waals surface area contributed by atoms with E-state index in [2.05, 4.69) is 5.32 Å². The average molecular weight is 497 g/mol. The Morgan fingerprint density at radius 1 is 1.18 bits per heavy atom. The molecule has 1 aliphatic rings. The predicted molar refractivity (Wildman–Crippen MR) is 121 cm³/mol. The molecule has 33 heavy (non-hydrogen) atoms. The fraction of sp³-hybridized carbons (Fsp3) is 0.261. The summed E-state index contributed by atoms with van der Waals surface area (Å²) < 4.78 is 27.3. The first-order chi connectivity index (χ1) is 15.6. The monoisotopic (exact) mass is 496 g/mol. The van der Waals surface area contributed by atoms with E-state index in [1.54, 1.807) is 13.8 Å². The van der Waals surface area contributed by atoms with Crippen LogP contribution < -0.4 is 5.32 Å². The average Bonchev–Trinajstić information content (AvgIpc) is 3.09. The van der Waals surface area contributed by atoms with Crippen LogP contribution in [0.3, 0.4) is 0 Å². The van der Waals surface area contributed by atoms with Crippen LogP contribution in [0, 0.1) is 6.92 Å². The molecule has 1 aliphatic heterocycles. The maximum absolute atomic E-state index is 13.7. The van der Waals surface area contributed by atoms with Gasteiger partial charge in [0.2, 0.25) is 0 Å². The van der Waals surface area contributed by atoms with Crippen LogP contribution in [0.15, 0.2) is 42.5 Å². The topological polar surface area (TPSA) is 75.7 Å². The number of hydroxylamine groups is 2. The number of aryl methyl sites for hydroxylation is 1. The minimum Gasteiger partial charge on any atom is -0.338 e. The van der Waals surface area contributed by atoms with Crippen LogP contribution in [0.5, 0.6) is 0 Å². The highest BCUT2D eigenvalue weighted by molar-refractivity contribution is 6.35. The van der Waals surface area contributed by atoms with Crippen LogP contribution in [0.25, 0.3) is 5.57 Å². The van der Waals surface area contributed by atoms with Gasteiger partial charge < -0.3 is 5.32 Å². The Morgan fingerprint density at radius 2 is 1.85 bits per heavy atom. The molecule has 1 heterocycles. The number of ketones is 1. The number of amides is 2. The number of benzene rings is 2. The van der Waals surface area contributed by atoms with Gasteiger partial charge in [0.05, 0.1) is 0 Å². The van der Waals surface area contributed by atoms with E-state index in [1.807, 2.05) is 0 Å². The minimum atomic E-state index is -2.94. The van der Waals surface area contributed by atoms with Gasteiger partial charge in [-0.2, -0.15) is 0 Å². The second-order valence-corrected chi connectivity index (χ2v) is 8.18. The van der Waals surface area contributed by atoms with Gasteiger partial charge in [-0.15, -0.1) is 0 Å². The van der Waals surface area contributed by atoms with Crippen molar-refractivity contribution in [3.8, 4) is 0 Å². The smallest absolute Gasteiger partial charge is 0.271 e. The van der Waals surface area contributed by atoms with Gasteiger partial charge in [0.15, 0.2) is 5.78 Å². The largest absolute Gasteiger partial charge is 0.338 e. The minimum absolute atomic E-state index is 0.0305. The second kappa shape index (κ2) is 10.4. The molecule has 1 atom stereocenters. The summed E-state index contributed by atoms with van der Waals surface area (Å²) in [6, 6.07) is 7.38. The zero-order valence-electron chi connectivity index (χ0n) is 17.7. The lowest BCUT2D eigenvalue weighted by molar-refractivity contribution is -0.160. The summed E-state index contributed by atoms with van der Waals surface area (Å²) in [7, 11) is 0. The van der Waals surface area contributed by atoms with Crippen molar-refractivity contribution >= 4 is 46.4 Å². The summed E-state index contributed by atoms with van der Waals surface area (Å²) >= 11 is 11.8. The lowest BCUT2D eigenvalue weighted by atomic mass is 9.99. The van der Waals surface area contributed by atoms with Crippen molar-refractivity contribution in [1.29, 1.82) is 0 Å². The SMILES string of the molecule is CCN1OCC(NC(=O)c2ccc(C(=O)C=C(c3cc(Cl)cc(Cl)c3)C(F)F)cc2C)C1=O. The molecule has 2 aromatic carbocycles. The normalized spacial score (nSPS) is 16.5.